The lowest BCUT2D eigenvalue weighted by Crippen LogP contribution is -1.99. The fraction of sp³-hybridized carbons (Fsp3) is 0. The van der Waals surface area contributed by atoms with Crippen molar-refractivity contribution in [3.63, 3.8) is 0 Å². The second kappa shape index (κ2) is 3.16. The summed E-state index contributed by atoms with van der Waals surface area (Å²) in [5.41, 5.74) is 0.830. The molecule has 0 aromatic carbocycles. The smallest absolute Gasteiger partial charge is 0.164 e. The molecule has 3 aromatic rings. The van der Waals surface area contributed by atoms with Crippen LogP contribution in [-0.2, 0) is 0 Å². The second-order valence-corrected chi connectivity index (χ2v) is 3.16. The highest BCUT2D eigenvalue weighted by atomic mass is 15.3. The standard InChI is InChI=1S/C11H8N4/c1-2-6-12-10(5-1)15-11-9(8-14-15)4-3-7-13-11/h1-8H. The molecule has 15 heavy (non-hydrogen) atoms. The highest BCUT2D eigenvalue weighted by molar-refractivity contribution is 5.75. The van der Waals surface area contributed by atoms with E-state index in [-0.39, 0.29) is 0 Å². The van der Waals surface area contributed by atoms with Crippen LogP contribution in [0.25, 0.3) is 16.9 Å². The first-order chi connectivity index (χ1) is 7.45. The average Bonchev–Trinajstić information content (AvgIpc) is 2.74. The predicted octanol–water partition coefficient (Wildman–Crippen LogP) is 1.82. The van der Waals surface area contributed by atoms with Crippen LogP contribution in [0.4, 0.5) is 0 Å². The summed E-state index contributed by atoms with van der Waals surface area (Å²) < 4.78 is 1.73. The van der Waals surface area contributed by atoms with Crippen molar-refractivity contribution in [3.05, 3.63) is 48.9 Å². The summed E-state index contributed by atoms with van der Waals surface area (Å²) in [5, 5.41) is 5.27. The maximum absolute atomic E-state index is 4.28. The molecule has 0 saturated carbocycles. The fourth-order valence-corrected chi connectivity index (χ4v) is 1.51. The van der Waals surface area contributed by atoms with Crippen LogP contribution in [0.1, 0.15) is 0 Å². The molecule has 0 bridgehead atoms. The van der Waals surface area contributed by atoms with Crippen LogP contribution in [0.5, 0.6) is 0 Å². The molecule has 0 unspecified atom stereocenters. The van der Waals surface area contributed by atoms with Gasteiger partial charge in [0, 0.05) is 17.8 Å². The lowest BCUT2D eigenvalue weighted by molar-refractivity contribution is 0.863. The summed E-state index contributed by atoms with van der Waals surface area (Å²) >= 11 is 0. The third-order valence-electron chi connectivity index (χ3n) is 2.20. The van der Waals surface area contributed by atoms with Gasteiger partial charge < -0.3 is 0 Å². The molecule has 3 aromatic heterocycles. The van der Waals surface area contributed by atoms with Crippen molar-refractivity contribution in [1.29, 1.82) is 0 Å². The van der Waals surface area contributed by atoms with Crippen molar-refractivity contribution in [2.75, 3.05) is 0 Å². The van der Waals surface area contributed by atoms with Gasteiger partial charge >= 0.3 is 0 Å². The zero-order valence-electron chi connectivity index (χ0n) is 7.91. The van der Waals surface area contributed by atoms with E-state index in [4.69, 9.17) is 0 Å². The predicted molar refractivity (Wildman–Crippen MR) is 56.7 cm³/mol. The molecule has 0 aliphatic heterocycles. The van der Waals surface area contributed by atoms with E-state index in [1.165, 1.54) is 0 Å². The van der Waals surface area contributed by atoms with Crippen molar-refractivity contribution in [1.82, 2.24) is 19.7 Å². The highest BCUT2D eigenvalue weighted by Gasteiger charge is 2.04. The Balaban J connectivity index is 2.28. The minimum Gasteiger partial charge on any atom is -0.237 e. The molecule has 0 aliphatic rings. The average molecular weight is 196 g/mol. The summed E-state index contributed by atoms with van der Waals surface area (Å²) in [6.07, 6.45) is 5.28. The van der Waals surface area contributed by atoms with E-state index in [2.05, 4.69) is 15.1 Å². The van der Waals surface area contributed by atoms with Crippen molar-refractivity contribution in [3.8, 4) is 5.82 Å². The Kier molecular flexibility index (Phi) is 1.71. The Bertz CT molecular complexity index is 586. The molecular formula is C11H8N4. The summed E-state index contributed by atoms with van der Waals surface area (Å²) in [6.45, 7) is 0. The van der Waals surface area contributed by atoms with Gasteiger partial charge in [-0.3, -0.25) is 0 Å². The maximum Gasteiger partial charge on any atom is 0.164 e. The van der Waals surface area contributed by atoms with Crippen LogP contribution in [0.15, 0.2) is 48.9 Å². The summed E-state index contributed by atoms with van der Waals surface area (Å²) in [7, 11) is 0. The molecule has 3 rings (SSSR count). The van der Waals surface area contributed by atoms with Gasteiger partial charge in [0.05, 0.1) is 6.20 Å². The van der Waals surface area contributed by atoms with Crippen molar-refractivity contribution in [2.45, 2.75) is 0 Å². The minimum absolute atomic E-state index is 0.784. The third-order valence-corrected chi connectivity index (χ3v) is 2.20. The van der Waals surface area contributed by atoms with Gasteiger partial charge in [-0.25, -0.2) is 9.97 Å². The molecule has 0 radical (unpaired) electrons. The topological polar surface area (TPSA) is 43.6 Å². The van der Waals surface area contributed by atoms with Gasteiger partial charge in [0.25, 0.3) is 0 Å². The van der Waals surface area contributed by atoms with Crippen LogP contribution in [0, 0.1) is 0 Å². The van der Waals surface area contributed by atoms with E-state index in [0.29, 0.717) is 0 Å². The van der Waals surface area contributed by atoms with Gasteiger partial charge in [-0.05, 0) is 24.3 Å². The van der Waals surface area contributed by atoms with Crippen LogP contribution in [0.2, 0.25) is 0 Å². The van der Waals surface area contributed by atoms with Crippen LogP contribution < -0.4 is 0 Å². The van der Waals surface area contributed by atoms with Crippen LogP contribution in [-0.4, -0.2) is 19.7 Å². The van der Waals surface area contributed by atoms with Crippen LogP contribution in [0.3, 0.4) is 0 Å². The van der Waals surface area contributed by atoms with Crippen molar-refractivity contribution in [2.24, 2.45) is 0 Å². The van der Waals surface area contributed by atoms with Gasteiger partial charge in [-0.2, -0.15) is 9.78 Å². The summed E-state index contributed by atoms with van der Waals surface area (Å²) in [6, 6.07) is 9.59. The van der Waals surface area contributed by atoms with Crippen LogP contribution >= 0.6 is 0 Å². The molecule has 4 heteroatoms. The number of aromatic nitrogens is 4. The molecular weight excluding hydrogens is 188 g/mol. The monoisotopic (exact) mass is 196 g/mol. The molecule has 0 saturated heterocycles. The quantitative estimate of drug-likeness (QED) is 0.596. The van der Waals surface area contributed by atoms with E-state index in [1.807, 2.05) is 30.3 Å². The lowest BCUT2D eigenvalue weighted by Gasteiger charge is -1.99. The molecule has 4 nitrogen and oxygen atoms in total. The van der Waals surface area contributed by atoms with E-state index >= 15 is 0 Å². The number of hydrogen-bond donors (Lipinski definition) is 0. The minimum atomic E-state index is 0.784. The normalized spacial score (nSPS) is 10.7. The first-order valence-corrected chi connectivity index (χ1v) is 4.65. The van der Waals surface area contributed by atoms with E-state index in [1.54, 1.807) is 23.3 Å². The molecule has 0 spiro atoms. The van der Waals surface area contributed by atoms with Gasteiger partial charge in [0.15, 0.2) is 11.5 Å². The molecule has 3 heterocycles. The highest BCUT2D eigenvalue weighted by Crippen LogP contribution is 2.13. The van der Waals surface area contributed by atoms with E-state index < -0.39 is 0 Å². The Labute approximate surface area is 86.2 Å². The SMILES string of the molecule is c1ccc(-n2ncc3cccnc32)nc1. The number of pyridine rings is 2. The van der Waals surface area contributed by atoms with E-state index in [9.17, 15) is 0 Å². The maximum atomic E-state index is 4.28. The molecule has 0 fully saturated rings. The summed E-state index contributed by atoms with van der Waals surface area (Å²) in [4.78, 5) is 8.51. The Hall–Kier alpha value is -2.23. The molecule has 72 valence electrons. The number of hydrogen-bond acceptors (Lipinski definition) is 3. The molecule has 0 atom stereocenters. The lowest BCUT2D eigenvalue weighted by atomic mass is 10.4. The van der Waals surface area contributed by atoms with Crippen molar-refractivity contribution >= 4 is 11.0 Å². The van der Waals surface area contributed by atoms with Gasteiger partial charge in [0.2, 0.25) is 0 Å². The molecule has 0 N–H and O–H groups in total. The molecule has 0 aliphatic carbocycles. The first kappa shape index (κ1) is 8.11. The third kappa shape index (κ3) is 1.27. The van der Waals surface area contributed by atoms with Gasteiger partial charge in [-0.15, -0.1) is 0 Å². The second-order valence-electron chi connectivity index (χ2n) is 3.16. The fourth-order valence-electron chi connectivity index (χ4n) is 1.51. The first-order valence-electron chi connectivity index (χ1n) is 4.65. The zero-order chi connectivity index (χ0) is 10.1. The van der Waals surface area contributed by atoms with E-state index in [0.717, 1.165) is 16.9 Å². The molecule has 0 amide bonds. The number of rotatable bonds is 1. The Morgan fingerprint density at radius 2 is 1.87 bits per heavy atom. The zero-order valence-corrected chi connectivity index (χ0v) is 7.91. The van der Waals surface area contributed by atoms with Crippen molar-refractivity contribution < 1.29 is 0 Å². The number of fused-ring (bicyclic) bond motifs is 1. The Morgan fingerprint density at radius 1 is 0.933 bits per heavy atom. The Morgan fingerprint density at radius 3 is 2.73 bits per heavy atom. The number of nitrogens with zero attached hydrogens (tertiary/aromatic N) is 4. The summed E-state index contributed by atoms with van der Waals surface area (Å²) in [5.74, 6) is 0.784. The van der Waals surface area contributed by atoms with Gasteiger partial charge in [0.1, 0.15) is 0 Å². The largest absolute Gasteiger partial charge is 0.237 e. The van der Waals surface area contributed by atoms with Gasteiger partial charge in [-0.1, -0.05) is 6.07 Å².